The van der Waals surface area contributed by atoms with E-state index in [4.69, 9.17) is 16.3 Å². The average molecular weight is 396 g/mol. The number of halogens is 1. The predicted molar refractivity (Wildman–Crippen MR) is 112 cm³/mol. The number of carbonyl (C=O) groups excluding carboxylic acids is 1. The van der Waals surface area contributed by atoms with Gasteiger partial charge in [0, 0.05) is 23.5 Å². The number of carbonyl (C=O) groups is 1. The lowest BCUT2D eigenvalue weighted by atomic mass is 10.2. The Hall–Kier alpha value is -3.05. The highest BCUT2D eigenvalue weighted by Crippen LogP contribution is 2.28. The minimum atomic E-state index is -0.245. The first-order chi connectivity index (χ1) is 13.5. The average Bonchev–Trinajstić information content (AvgIpc) is 2.69. The van der Waals surface area contributed by atoms with Crippen LogP contribution in [0.2, 0.25) is 5.02 Å². The van der Waals surface area contributed by atoms with Gasteiger partial charge in [0.15, 0.2) is 0 Å². The van der Waals surface area contributed by atoms with E-state index >= 15 is 0 Å². The second-order valence-corrected chi connectivity index (χ2v) is 6.96. The van der Waals surface area contributed by atoms with Crippen LogP contribution < -0.4 is 15.4 Å². The molecule has 1 heterocycles. The van der Waals surface area contributed by atoms with Gasteiger partial charge in [-0.15, -0.1) is 0 Å². The maximum Gasteiger partial charge on any atom is 0.270 e. The number of anilines is 2. The van der Waals surface area contributed by atoms with E-state index in [0.717, 1.165) is 22.7 Å². The summed E-state index contributed by atoms with van der Waals surface area (Å²) in [6.07, 6.45) is 1.67. The Morgan fingerprint density at radius 3 is 2.61 bits per heavy atom. The molecule has 0 atom stereocenters. The van der Waals surface area contributed by atoms with Gasteiger partial charge in [0.1, 0.15) is 11.4 Å². The van der Waals surface area contributed by atoms with Crippen molar-refractivity contribution in [2.45, 2.75) is 26.5 Å². The van der Waals surface area contributed by atoms with Crippen LogP contribution in [0.25, 0.3) is 0 Å². The lowest BCUT2D eigenvalue weighted by molar-refractivity contribution is 0.0946. The third-order valence-corrected chi connectivity index (χ3v) is 4.14. The number of nitrogens with one attached hydrogen (secondary N) is 2. The van der Waals surface area contributed by atoms with Gasteiger partial charge in [0.2, 0.25) is 0 Å². The summed E-state index contributed by atoms with van der Waals surface area (Å²) in [4.78, 5) is 16.6. The van der Waals surface area contributed by atoms with E-state index in [1.54, 1.807) is 24.4 Å². The third-order valence-electron chi connectivity index (χ3n) is 3.89. The zero-order chi connectivity index (χ0) is 19.9. The van der Waals surface area contributed by atoms with Gasteiger partial charge in [-0.05, 0) is 55.8 Å². The molecule has 0 radical (unpaired) electrons. The van der Waals surface area contributed by atoms with E-state index in [2.05, 4.69) is 15.6 Å². The van der Waals surface area contributed by atoms with Crippen molar-refractivity contribution in [2.24, 2.45) is 0 Å². The molecule has 0 aliphatic rings. The first-order valence-corrected chi connectivity index (χ1v) is 9.40. The first kappa shape index (κ1) is 19.7. The molecule has 0 saturated carbocycles. The second-order valence-electron chi connectivity index (χ2n) is 6.53. The zero-order valence-electron chi connectivity index (χ0n) is 15.8. The normalized spacial score (nSPS) is 10.6. The molecule has 0 bridgehead atoms. The fraction of sp³-hybridized carbons (Fsp3) is 0.182. The van der Waals surface area contributed by atoms with Crippen molar-refractivity contribution in [2.75, 3.05) is 5.32 Å². The molecule has 0 fully saturated rings. The van der Waals surface area contributed by atoms with Gasteiger partial charge in [0.05, 0.1) is 11.8 Å². The molecule has 28 heavy (non-hydrogen) atoms. The van der Waals surface area contributed by atoms with Crippen LogP contribution in [0.3, 0.4) is 0 Å². The molecular formula is C22H22ClN3O2. The summed E-state index contributed by atoms with van der Waals surface area (Å²) in [5, 5.41) is 6.82. The van der Waals surface area contributed by atoms with E-state index in [1.807, 2.05) is 56.3 Å². The summed E-state index contributed by atoms with van der Waals surface area (Å²) >= 11 is 5.88. The number of hydrogen-bond acceptors (Lipinski definition) is 4. The van der Waals surface area contributed by atoms with Crippen LogP contribution >= 0.6 is 11.6 Å². The van der Waals surface area contributed by atoms with E-state index < -0.39 is 0 Å². The number of aromatic nitrogens is 1. The summed E-state index contributed by atoms with van der Waals surface area (Å²) in [6.45, 7) is 4.36. The summed E-state index contributed by atoms with van der Waals surface area (Å²) in [6, 6.07) is 18.5. The minimum Gasteiger partial charge on any atom is -0.489 e. The smallest absolute Gasteiger partial charge is 0.270 e. The number of para-hydroxylation sites is 2. The fourth-order valence-corrected chi connectivity index (χ4v) is 2.72. The molecule has 1 amide bonds. The van der Waals surface area contributed by atoms with Crippen LogP contribution in [-0.4, -0.2) is 17.0 Å². The highest BCUT2D eigenvalue weighted by atomic mass is 35.5. The number of amides is 1. The highest BCUT2D eigenvalue weighted by molar-refractivity contribution is 6.30. The van der Waals surface area contributed by atoms with Gasteiger partial charge in [-0.1, -0.05) is 35.9 Å². The number of pyridine rings is 1. The molecule has 5 nitrogen and oxygen atoms in total. The highest BCUT2D eigenvalue weighted by Gasteiger charge is 2.10. The Balaban J connectivity index is 1.68. The molecule has 3 rings (SSSR count). The quantitative estimate of drug-likeness (QED) is 0.577. The van der Waals surface area contributed by atoms with E-state index in [9.17, 15) is 4.79 Å². The van der Waals surface area contributed by atoms with Crippen molar-refractivity contribution in [1.29, 1.82) is 0 Å². The Labute approximate surface area is 169 Å². The molecule has 2 N–H and O–H groups in total. The Morgan fingerprint density at radius 1 is 1.11 bits per heavy atom. The van der Waals surface area contributed by atoms with Gasteiger partial charge in [-0.25, -0.2) is 0 Å². The molecular weight excluding hydrogens is 374 g/mol. The lowest BCUT2D eigenvalue weighted by Crippen LogP contribution is -2.23. The Morgan fingerprint density at radius 2 is 1.86 bits per heavy atom. The topological polar surface area (TPSA) is 63.2 Å². The van der Waals surface area contributed by atoms with Crippen LogP contribution in [0.1, 0.15) is 29.9 Å². The Bertz CT molecular complexity index is 943. The molecule has 0 unspecified atom stereocenters. The summed E-state index contributed by atoms with van der Waals surface area (Å²) in [5.74, 6) is 0.508. The van der Waals surface area contributed by atoms with Crippen molar-refractivity contribution in [1.82, 2.24) is 10.3 Å². The van der Waals surface area contributed by atoms with Crippen molar-refractivity contribution >= 4 is 28.9 Å². The van der Waals surface area contributed by atoms with Gasteiger partial charge < -0.3 is 15.4 Å². The van der Waals surface area contributed by atoms with Crippen LogP contribution in [0.4, 0.5) is 11.4 Å². The number of nitrogens with zero attached hydrogens (tertiary/aromatic N) is 1. The number of ether oxygens (including phenoxy) is 1. The van der Waals surface area contributed by atoms with Crippen LogP contribution in [-0.2, 0) is 6.54 Å². The standard InChI is InChI=1S/C22H22ClN3O2/c1-15(2)28-21-6-4-3-5-19(21)26-18-11-12-24-20(13-18)22(27)25-14-16-7-9-17(23)10-8-16/h3-13,15H,14H2,1-2H3,(H,24,26)(H,25,27). The van der Waals surface area contributed by atoms with Gasteiger partial charge in [-0.2, -0.15) is 0 Å². The molecule has 6 heteroatoms. The monoisotopic (exact) mass is 395 g/mol. The van der Waals surface area contributed by atoms with E-state index in [0.29, 0.717) is 17.3 Å². The molecule has 1 aromatic heterocycles. The number of hydrogen-bond donors (Lipinski definition) is 2. The number of benzene rings is 2. The van der Waals surface area contributed by atoms with Gasteiger partial charge in [0.25, 0.3) is 5.91 Å². The Kier molecular flexibility index (Phi) is 6.50. The minimum absolute atomic E-state index is 0.0644. The van der Waals surface area contributed by atoms with Crippen molar-refractivity contribution in [3.05, 3.63) is 83.1 Å². The summed E-state index contributed by atoms with van der Waals surface area (Å²) in [5.41, 5.74) is 2.88. The first-order valence-electron chi connectivity index (χ1n) is 9.02. The fourth-order valence-electron chi connectivity index (χ4n) is 2.59. The van der Waals surface area contributed by atoms with Gasteiger partial charge >= 0.3 is 0 Å². The molecule has 144 valence electrons. The van der Waals surface area contributed by atoms with Crippen LogP contribution in [0.15, 0.2) is 66.9 Å². The number of rotatable bonds is 7. The maximum atomic E-state index is 12.4. The van der Waals surface area contributed by atoms with E-state index in [1.165, 1.54) is 0 Å². The second kappa shape index (κ2) is 9.24. The molecule has 0 saturated heterocycles. The third kappa shape index (κ3) is 5.47. The molecule has 0 spiro atoms. The lowest BCUT2D eigenvalue weighted by Gasteiger charge is -2.15. The summed E-state index contributed by atoms with van der Waals surface area (Å²) < 4.78 is 5.82. The van der Waals surface area contributed by atoms with E-state index in [-0.39, 0.29) is 12.0 Å². The summed E-state index contributed by atoms with van der Waals surface area (Å²) in [7, 11) is 0. The molecule has 2 aromatic carbocycles. The largest absolute Gasteiger partial charge is 0.489 e. The van der Waals surface area contributed by atoms with Crippen molar-refractivity contribution < 1.29 is 9.53 Å². The molecule has 0 aliphatic carbocycles. The SMILES string of the molecule is CC(C)Oc1ccccc1Nc1ccnc(C(=O)NCc2ccc(Cl)cc2)c1. The van der Waals surface area contributed by atoms with Crippen LogP contribution in [0.5, 0.6) is 5.75 Å². The zero-order valence-corrected chi connectivity index (χ0v) is 16.5. The maximum absolute atomic E-state index is 12.4. The predicted octanol–water partition coefficient (Wildman–Crippen LogP) is 5.20. The van der Waals surface area contributed by atoms with Crippen molar-refractivity contribution in [3.63, 3.8) is 0 Å². The molecule has 0 aliphatic heterocycles. The van der Waals surface area contributed by atoms with Crippen LogP contribution in [0, 0.1) is 0 Å². The molecule has 3 aromatic rings. The van der Waals surface area contributed by atoms with Gasteiger partial charge in [-0.3, -0.25) is 9.78 Å². The van der Waals surface area contributed by atoms with Crippen molar-refractivity contribution in [3.8, 4) is 5.75 Å².